The Bertz CT molecular complexity index is 1010. The van der Waals surface area contributed by atoms with Gasteiger partial charge in [0.25, 0.3) is 0 Å². The number of fused-ring (bicyclic) bond motifs is 1. The van der Waals surface area contributed by atoms with E-state index in [1.807, 2.05) is 43.3 Å². The van der Waals surface area contributed by atoms with Crippen molar-refractivity contribution in [2.45, 2.75) is 11.8 Å². The third-order valence-corrected chi connectivity index (χ3v) is 7.92. The average molecular weight is 496 g/mol. The van der Waals surface area contributed by atoms with E-state index in [1.54, 1.807) is 4.90 Å². The van der Waals surface area contributed by atoms with Crippen molar-refractivity contribution in [1.82, 2.24) is 9.88 Å². The number of aryl methyl sites for hydroxylation is 1. The molecule has 9 heteroatoms. The molecule has 1 aromatic heterocycles. The van der Waals surface area contributed by atoms with E-state index in [4.69, 9.17) is 32.9 Å². The van der Waals surface area contributed by atoms with Crippen LogP contribution in [0.1, 0.15) is 5.56 Å². The lowest BCUT2D eigenvalue weighted by atomic mass is 10.2. The first-order valence-corrected chi connectivity index (χ1v) is 12.6. The molecule has 0 bridgehead atoms. The molecule has 2 heterocycles. The highest BCUT2D eigenvalue weighted by atomic mass is 35.5. The Morgan fingerprint density at radius 2 is 1.94 bits per heavy atom. The second kappa shape index (κ2) is 10.5. The van der Waals surface area contributed by atoms with Gasteiger partial charge in [0.15, 0.2) is 5.13 Å². The van der Waals surface area contributed by atoms with E-state index >= 15 is 0 Å². The van der Waals surface area contributed by atoms with Crippen molar-refractivity contribution < 1.29 is 9.53 Å². The second-order valence-corrected chi connectivity index (χ2v) is 10.2. The summed E-state index contributed by atoms with van der Waals surface area (Å²) in [6, 6.07) is 11.4. The van der Waals surface area contributed by atoms with Gasteiger partial charge in [0.05, 0.1) is 34.2 Å². The molecule has 3 aromatic rings. The second-order valence-electron chi connectivity index (χ2n) is 7.28. The van der Waals surface area contributed by atoms with Crippen LogP contribution in [0.5, 0.6) is 0 Å². The summed E-state index contributed by atoms with van der Waals surface area (Å²) in [7, 11) is 0. The van der Waals surface area contributed by atoms with E-state index in [-0.39, 0.29) is 5.91 Å². The van der Waals surface area contributed by atoms with Gasteiger partial charge in [-0.1, -0.05) is 40.6 Å². The number of hydrogen-bond acceptors (Lipinski definition) is 6. The quantitative estimate of drug-likeness (QED) is 0.412. The maximum atomic E-state index is 13.3. The van der Waals surface area contributed by atoms with E-state index < -0.39 is 0 Å². The number of nitrogens with zero attached hydrogens (tertiary/aromatic N) is 3. The van der Waals surface area contributed by atoms with E-state index in [0.717, 1.165) is 53.5 Å². The molecule has 1 fully saturated rings. The highest BCUT2D eigenvalue weighted by molar-refractivity contribution is 8.00. The summed E-state index contributed by atoms with van der Waals surface area (Å²) in [5.41, 5.74) is 1.92. The summed E-state index contributed by atoms with van der Waals surface area (Å²) in [5, 5.41) is 2.05. The van der Waals surface area contributed by atoms with Gasteiger partial charge >= 0.3 is 0 Å². The molecule has 0 N–H and O–H groups in total. The third-order valence-electron chi connectivity index (χ3n) is 5.14. The minimum atomic E-state index is 0.0287. The Hall–Kier alpha value is -1.35. The zero-order valence-electron chi connectivity index (χ0n) is 17.1. The van der Waals surface area contributed by atoms with Crippen molar-refractivity contribution in [3.8, 4) is 0 Å². The number of amides is 1. The number of anilines is 1. The zero-order chi connectivity index (χ0) is 21.8. The average Bonchev–Trinajstić information content (AvgIpc) is 3.23. The van der Waals surface area contributed by atoms with Gasteiger partial charge in [-0.15, -0.1) is 11.8 Å². The van der Waals surface area contributed by atoms with Gasteiger partial charge in [-0.25, -0.2) is 4.98 Å². The van der Waals surface area contributed by atoms with Crippen LogP contribution in [-0.2, 0) is 9.53 Å². The molecule has 0 radical (unpaired) electrons. The van der Waals surface area contributed by atoms with Gasteiger partial charge < -0.3 is 4.74 Å². The minimum Gasteiger partial charge on any atom is -0.379 e. The van der Waals surface area contributed by atoms with Gasteiger partial charge in [-0.3, -0.25) is 14.6 Å². The third kappa shape index (κ3) is 5.72. The molecule has 164 valence electrons. The van der Waals surface area contributed by atoms with Crippen LogP contribution in [0.15, 0.2) is 41.3 Å². The van der Waals surface area contributed by atoms with Gasteiger partial charge in [-0.05, 0) is 42.8 Å². The molecule has 1 aliphatic heterocycles. The lowest BCUT2D eigenvalue weighted by molar-refractivity contribution is -0.116. The number of aromatic nitrogens is 1. The molecule has 1 saturated heterocycles. The number of rotatable bonds is 7. The SMILES string of the molecule is Cc1ccc(Cl)c2sc(N(CCN3CCOCC3)C(=O)CSc3ccc(Cl)cc3)nc12. The Morgan fingerprint density at radius 1 is 1.19 bits per heavy atom. The fourth-order valence-corrected chi connectivity index (χ4v) is 5.61. The topological polar surface area (TPSA) is 45.7 Å². The van der Waals surface area contributed by atoms with E-state index in [9.17, 15) is 4.79 Å². The first kappa shape index (κ1) is 22.8. The Kier molecular flexibility index (Phi) is 7.74. The lowest BCUT2D eigenvalue weighted by Crippen LogP contribution is -2.43. The number of carbonyl (C=O) groups is 1. The molecule has 0 unspecified atom stereocenters. The van der Waals surface area contributed by atoms with Crippen molar-refractivity contribution in [3.63, 3.8) is 0 Å². The minimum absolute atomic E-state index is 0.0287. The smallest absolute Gasteiger partial charge is 0.239 e. The number of ether oxygens (including phenoxy) is 1. The fourth-order valence-electron chi connectivity index (χ4n) is 3.35. The van der Waals surface area contributed by atoms with E-state index in [2.05, 4.69) is 4.90 Å². The van der Waals surface area contributed by atoms with Crippen LogP contribution < -0.4 is 4.90 Å². The Morgan fingerprint density at radius 3 is 2.65 bits per heavy atom. The number of morpholine rings is 1. The number of carbonyl (C=O) groups excluding carboxylic acids is 1. The molecule has 1 aliphatic rings. The van der Waals surface area contributed by atoms with Crippen molar-refractivity contribution in [2.24, 2.45) is 0 Å². The predicted octanol–water partition coefficient (Wildman–Crippen LogP) is 5.37. The molecule has 0 aliphatic carbocycles. The van der Waals surface area contributed by atoms with Crippen LogP contribution in [0, 0.1) is 6.92 Å². The molecule has 0 atom stereocenters. The summed E-state index contributed by atoms with van der Waals surface area (Å²) >= 11 is 15.4. The molecule has 2 aromatic carbocycles. The number of thioether (sulfide) groups is 1. The number of hydrogen-bond donors (Lipinski definition) is 0. The van der Waals surface area contributed by atoms with Crippen LogP contribution in [0.2, 0.25) is 10.0 Å². The molecule has 1 amide bonds. The van der Waals surface area contributed by atoms with E-state index in [1.165, 1.54) is 23.1 Å². The molecule has 31 heavy (non-hydrogen) atoms. The molecular weight excluding hydrogens is 473 g/mol. The highest BCUT2D eigenvalue weighted by Gasteiger charge is 2.23. The summed E-state index contributed by atoms with van der Waals surface area (Å²) in [5.74, 6) is 0.356. The maximum Gasteiger partial charge on any atom is 0.239 e. The van der Waals surface area contributed by atoms with Crippen LogP contribution in [-0.4, -0.2) is 60.9 Å². The zero-order valence-corrected chi connectivity index (χ0v) is 20.3. The number of thiazole rings is 1. The van der Waals surface area contributed by atoms with Gasteiger partial charge in [0.2, 0.25) is 5.91 Å². The van der Waals surface area contributed by atoms with Crippen molar-refractivity contribution in [1.29, 1.82) is 0 Å². The van der Waals surface area contributed by atoms with Gasteiger partial charge in [0.1, 0.15) is 0 Å². The van der Waals surface area contributed by atoms with Crippen molar-refractivity contribution in [3.05, 3.63) is 52.0 Å². The normalized spacial score (nSPS) is 14.8. The van der Waals surface area contributed by atoms with E-state index in [0.29, 0.717) is 27.5 Å². The number of benzene rings is 2. The molecule has 0 saturated carbocycles. The largest absolute Gasteiger partial charge is 0.379 e. The van der Waals surface area contributed by atoms with Crippen LogP contribution in [0.3, 0.4) is 0 Å². The standard InChI is InChI=1S/C22H23Cl2N3O2S2/c1-15-2-7-18(24)21-20(15)25-22(31-21)27(9-8-26-10-12-29-13-11-26)19(28)14-30-17-5-3-16(23)4-6-17/h2-7H,8-14H2,1H3. The van der Waals surface area contributed by atoms with Crippen molar-refractivity contribution >= 4 is 67.6 Å². The predicted molar refractivity (Wildman–Crippen MR) is 131 cm³/mol. The molecular formula is C22H23Cl2N3O2S2. The summed E-state index contributed by atoms with van der Waals surface area (Å²) in [6.07, 6.45) is 0. The van der Waals surface area contributed by atoms with Crippen LogP contribution in [0.25, 0.3) is 10.2 Å². The Labute approximate surface area is 200 Å². The van der Waals surface area contributed by atoms with Gasteiger partial charge in [-0.2, -0.15) is 0 Å². The summed E-state index contributed by atoms with van der Waals surface area (Å²) in [4.78, 5) is 23.2. The van der Waals surface area contributed by atoms with Gasteiger partial charge in [0, 0.05) is 36.1 Å². The first-order valence-electron chi connectivity index (χ1n) is 10.1. The van der Waals surface area contributed by atoms with Crippen LogP contribution in [0.4, 0.5) is 5.13 Å². The Balaban J connectivity index is 1.54. The first-order chi connectivity index (χ1) is 15.0. The lowest BCUT2D eigenvalue weighted by Gasteiger charge is -2.29. The number of halogens is 2. The molecule has 4 rings (SSSR count). The molecule has 5 nitrogen and oxygen atoms in total. The maximum absolute atomic E-state index is 13.3. The summed E-state index contributed by atoms with van der Waals surface area (Å²) in [6.45, 7) is 6.60. The fraction of sp³-hybridized carbons (Fsp3) is 0.364. The monoisotopic (exact) mass is 495 g/mol. The molecule has 0 spiro atoms. The highest BCUT2D eigenvalue weighted by Crippen LogP contribution is 2.36. The summed E-state index contributed by atoms with van der Waals surface area (Å²) < 4.78 is 6.36. The van der Waals surface area contributed by atoms with Crippen molar-refractivity contribution in [2.75, 3.05) is 50.0 Å². The van der Waals surface area contributed by atoms with Crippen LogP contribution >= 0.6 is 46.3 Å².